The fraction of sp³-hybridized carbons (Fsp3) is 0.190. The number of hydrogen-bond donors (Lipinski definition) is 3. The Morgan fingerprint density at radius 2 is 1.83 bits per heavy atom. The second-order valence-electron chi connectivity index (χ2n) is 6.56. The van der Waals surface area contributed by atoms with Crippen LogP contribution in [0.4, 0.5) is 4.79 Å². The zero-order valence-corrected chi connectivity index (χ0v) is 16.4. The van der Waals surface area contributed by atoms with Crippen LogP contribution < -0.4 is 11.1 Å². The molecule has 1 heterocycles. The first-order valence-electron chi connectivity index (χ1n) is 8.96. The van der Waals surface area contributed by atoms with Crippen LogP contribution in [0.2, 0.25) is 5.02 Å². The Bertz CT molecular complexity index is 1050. The maximum atomic E-state index is 12.7. The molecule has 0 fully saturated rings. The van der Waals surface area contributed by atoms with Crippen molar-refractivity contribution in [3.05, 3.63) is 70.9 Å². The molecule has 150 valence electrons. The summed E-state index contributed by atoms with van der Waals surface area (Å²) >= 11 is 5.88. The largest absolute Gasteiger partial charge is 0.454 e. The number of ketones is 1. The molecular weight excluding hydrogens is 394 g/mol. The summed E-state index contributed by atoms with van der Waals surface area (Å²) in [5, 5.41) is 3.79. The standard InChI is InChI=1S/C21H20ClN3O4/c1-12(20(27)16-11-24-17-5-3-2-4-15(16)17)29-19(26)10-18(25-21(23)28)13-6-8-14(22)9-7-13/h2-9,11-12,18,24H,10H2,1H3,(H3,23,25,28)/t12-,18-/m0/s1. The Morgan fingerprint density at radius 3 is 2.52 bits per heavy atom. The van der Waals surface area contributed by atoms with E-state index in [0.717, 1.165) is 10.9 Å². The Balaban J connectivity index is 1.69. The molecule has 2 atom stereocenters. The van der Waals surface area contributed by atoms with E-state index in [4.69, 9.17) is 22.1 Å². The van der Waals surface area contributed by atoms with E-state index in [0.29, 0.717) is 16.1 Å². The quantitative estimate of drug-likeness (QED) is 0.404. The summed E-state index contributed by atoms with van der Waals surface area (Å²) in [7, 11) is 0. The summed E-state index contributed by atoms with van der Waals surface area (Å²) in [6, 6.07) is 12.5. The topological polar surface area (TPSA) is 114 Å². The number of rotatable bonds is 7. The zero-order valence-electron chi connectivity index (χ0n) is 15.6. The molecule has 0 unspecified atom stereocenters. The van der Waals surface area contributed by atoms with Crippen molar-refractivity contribution < 1.29 is 19.1 Å². The molecule has 0 saturated carbocycles. The second kappa shape index (κ2) is 8.79. The average molecular weight is 414 g/mol. The molecule has 3 rings (SSSR count). The molecule has 0 aliphatic heterocycles. The van der Waals surface area contributed by atoms with Crippen molar-refractivity contribution in [1.82, 2.24) is 10.3 Å². The third kappa shape index (κ3) is 4.94. The summed E-state index contributed by atoms with van der Waals surface area (Å²) in [5.74, 6) is -0.957. The third-order valence-electron chi connectivity index (χ3n) is 4.49. The van der Waals surface area contributed by atoms with Gasteiger partial charge in [0.1, 0.15) is 0 Å². The van der Waals surface area contributed by atoms with Crippen LogP contribution in [-0.4, -0.2) is 28.9 Å². The van der Waals surface area contributed by atoms with Gasteiger partial charge in [0.25, 0.3) is 0 Å². The number of fused-ring (bicyclic) bond motifs is 1. The number of halogens is 1. The predicted molar refractivity (Wildman–Crippen MR) is 110 cm³/mol. The van der Waals surface area contributed by atoms with E-state index in [1.165, 1.54) is 6.92 Å². The lowest BCUT2D eigenvalue weighted by atomic mass is 10.0. The van der Waals surface area contributed by atoms with Crippen molar-refractivity contribution >= 4 is 40.3 Å². The molecule has 0 radical (unpaired) electrons. The van der Waals surface area contributed by atoms with Crippen molar-refractivity contribution in [2.45, 2.75) is 25.5 Å². The zero-order chi connectivity index (χ0) is 21.0. The number of amides is 2. The van der Waals surface area contributed by atoms with E-state index in [-0.39, 0.29) is 12.2 Å². The molecular formula is C21H20ClN3O4. The van der Waals surface area contributed by atoms with Crippen molar-refractivity contribution in [2.75, 3.05) is 0 Å². The lowest BCUT2D eigenvalue weighted by molar-refractivity contribution is -0.146. The molecule has 2 aromatic carbocycles. The molecule has 8 heteroatoms. The lowest BCUT2D eigenvalue weighted by Crippen LogP contribution is -2.35. The van der Waals surface area contributed by atoms with Crippen LogP contribution in [0.5, 0.6) is 0 Å². The molecule has 3 aromatic rings. The Morgan fingerprint density at radius 1 is 1.14 bits per heavy atom. The van der Waals surface area contributed by atoms with Crippen molar-refractivity contribution in [2.24, 2.45) is 5.73 Å². The maximum absolute atomic E-state index is 12.7. The number of urea groups is 1. The van der Waals surface area contributed by atoms with Gasteiger partial charge in [-0.25, -0.2) is 4.79 Å². The highest BCUT2D eigenvalue weighted by atomic mass is 35.5. The van der Waals surface area contributed by atoms with Crippen LogP contribution in [0.3, 0.4) is 0 Å². The van der Waals surface area contributed by atoms with E-state index in [1.807, 2.05) is 24.3 Å². The SMILES string of the molecule is C[C@H](OC(=O)C[C@H](NC(N)=O)c1ccc(Cl)cc1)C(=O)c1c[nH]c2ccccc12. The number of nitrogens with two attached hydrogens (primary N) is 1. The normalized spacial score (nSPS) is 12.9. The van der Waals surface area contributed by atoms with Crippen LogP contribution in [0.15, 0.2) is 54.7 Å². The van der Waals surface area contributed by atoms with E-state index in [1.54, 1.807) is 30.5 Å². The van der Waals surface area contributed by atoms with Gasteiger partial charge in [-0.1, -0.05) is 41.9 Å². The first-order chi connectivity index (χ1) is 13.8. The molecule has 29 heavy (non-hydrogen) atoms. The lowest BCUT2D eigenvalue weighted by Gasteiger charge is -2.19. The van der Waals surface area contributed by atoms with Gasteiger partial charge >= 0.3 is 12.0 Å². The summed E-state index contributed by atoms with van der Waals surface area (Å²) < 4.78 is 5.32. The highest BCUT2D eigenvalue weighted by molar-refractivity contribution is 6.30. The van der Waals surface area contributed by atoms with E-state index in [9.17, 15) is 14.4 Å². The number of aromatic amines is 1. The number of carbonyl (C=O) groups is 3. The Labute approximate surface area is 172 Å². The predicted octanol–water partition coefficient (Wildman–Crippen LogP) is 3.74. The van der Waals surface area contributed by atoms with E-state index in [2.05, 4.69) is 10.3 Å². The minimum atomic E-state index is -0.985. The third-order valence-corrected chi connectivity index (χ3v) is 4.74. The fourth-order valence-electron chi connectivity index (χ4n) is 3.08. The number of para-hydroxylation sites is 1. The van der Waals surface area contributed by atoms with Crippen molar-refractivity contribution in [3.8, 4) is 0 Å². The highest BCUT2D eigenvalue weighted by Gasteiger charge is 2.25. The van der Waals surface area contributed by atoms with Crippen LogP contribution in [-0.2, 0) is 9.53 Å². The molecule has 0 bridgehead atoms. The molecule has 0 spiro atoms. The monoisotopic (exact) mass is 413 g/mol. The van der Waals surface area contributed by atoms with Crippen molar-refractivity contribution in [3.63, 3.8) is 0 Å². The number of H-pyrrole nitrogens is 1. The second-order valence-corrected chi connectivity index (χ2v) is 7.00. The van der Waals surface area contributed by atoms with Gasteiger partial charge in [0, 0.05) is 27.7 Å². The van der Waals surface area contributed by atoms with Gasteiger partial charge in [-0.2, -0.15) is 0 Å². The number of benzene rings is 2. The summed E-state index contributed by atoms with van der Waals surface area (Å²) in [6.45, 7) is 1.51. The number of Topliss-reactive ketones (excluding diaryl/α,β-unsaturated/α-hetero) is 1. The van der Waals surface area contributed by atoms with Crippen molar-refractivity contribution in [1.29, 1.82) is 0 Å². The fourth-order valence-corrected chi connectivity index (χ4v) is 3.20. The number of aromatic nitrogens is 1. The molecule has 2 amide bonds. The van der Waals surface area contributed by atoms with Gasteiger partial charge in [0.2, 0.25) is 5.78 Å². The van der Waals surface area contributed by atoms with Gasteiger partial charge < -0.3 is 20.8 Å². The Hall–Kier alpha value is -3.32. The van der Waals surface area contributed by atoms with Crippen LogP contribution in [0.25, 0.3) is 10.9 Å². The average Bonchev–Trinajstić information content (AvgIpc) is 3.11. The Kier molecular flexibility index (Phi) is 6.19. The molecule has 0 aliphatic carbocycles. The minimum absolute atomic E-state index is 0.184. The minimum Gasteiger partial charge on any atom is -0.454 e. The number of hydrogen-bond acceptors (Lipinski definition) is 4. The number of carbonyl (C=O) groups excluding carboxylic acids is 3. The first kappa shape index (κ1) is 20.4. The molecule has 0 saturated heterocycles. The summed E-state index contributed by atoms with van der Waals surface area (Å²) in [5.41, 5.74) is 7.13. The summed E-state index contributed by atoms with van der Waals surface area (Å²) in [6.07, 6.45) is 0.430. The first-order valence-corrected chi connectivity index (χ1v) is 9.34. The van der Waals surface area contributed by atoms with E-state index < -0.39 is 24.1 Å². The number of ether oxygens (including phenoxy) is 1. The molecule has 0 aliphatic rings. The smallest absolute Gasteiger partial charge is 0.312 e. The van der Waals surface area contributed by atoms with Gasteiger partial charge in [0.15, 0.2) is 6.10 Å². The van der Waals surface area contributed by atoms with Gasteiger partial charge in [-0.3, -0.25) is 9.59 Å². The number of esters is 1. The number of nitrogens with one attached hydrogen (secondary N) is 2. The van der Waals surface area contributed by atoms with E-state index >= 15 is 0 Å². The van der Waals surface area contributed by atoms with Crippen LogP contribution >= 0.6 is 11.6 Å². The molecule has 7 nitrogen and oxygen atoms in total. The van der Waals surface area contributed by atoms with Gasteiger partial charge in [0.05, 0.1) is 12.5 Å². The van der Waals surface area contributed by atoms with Gasteiger partial charge in [-0.05, 0) is 30.7 Å². The maximum Gasteiger partial charge on any atom is 0.312 e. The molecule has 4 N–H and O–H groups in total. The highest BCUT2D eigenvalue weighted by Crippen LogP contribution is 2.22. The van der Waals surface area contributed by atoms with Gasteiger partial charge in [-0.15, -0.1) is 0 Å². The van der Waals surface area contributed by atoms with Crippen LogP contribution in [0, 0.1) is 0 Å². The summed E-state index contributed by atoms with van der Waals surface area (Å²) in [4.78, 5) is 39.5. The number of primary amides is 1. The van der Waals surface area contributed by atoms with Crippen LogP contribution in [0.1, 0.15) is 35.3 Å². The molecule has 1 aromatic heterocycles.